The number of fused-ring (bicyclic) bond motifs is 1. The fourth-order valence-electron chi connectivity index (χ4n) is 7.55. The van der Waals surface area contributed by atoms with E-state index in [1.807, 2.05) is 96.9 Å². The van der Waals surface area contributed by atoms with Crippen LogP contribution < -0.4 is 20.0 Å². The van der Waals surface area contributed by atoms with Gasteiger partial charge < -0.3 is 25.3 Å². The number of benzene rings is 3. The molecule has 4 heterocycles. The van der Waals surface area contributed by atoms with Crippen LogP contribution in [0.1, 0.15) is 43.0 Å². The second-order valence-corrected chi connectivity index (χ2v) is 13.2. The lowest BCUT2D eigenvalue weighted by Gasteiger charge is -2.39. The average molecular weight is 662 g/mol. The summed E-state index contributed by atoms with van der Waals surface area (Å²) in [4.78, 5) is 34.2. The number of aromatic nitrogens is 3. The van der Waals surface area contributed by atoms with E-state index in [9.17, 15) is 14.7 Å². The van der Waals surface area contributed by atoms with E-state index < -0.39 is 17.1 Å². The van der Waals surface area contributed by atoms with Crippen LogP contribution >= 0.6 is 0 Å². The van der Waals surface area contributed by atoms with Gasteiger partial charge in [0.25, 0.3) is 11.8 Å². The molecule has 3 aromatic carbocycles. The summed E-state index contributed by atoms with van der Waals surface area (Å²) in [7, 11) is 0. The number of aryl methyl sites for hydroxylation is 1. The molecule has 254 valence electrons. The molecule has 1 aromatic heterocycles. The van der Waals surface area contributed by atoms with E-state index in [0.29, 0.717) is 37.3 Å². The monoisotopic (exact) mass is 661 g/mol. The molecule has 1 spiro atoms. The molecule has 3 N–H and O–H groups in total. The quantitative estimate of drug-likeness (QED) is 0.208. The Morgan fingerprint density at radius 1 is 0.959 bits per heavy atom. The zero-order valence-corrected chi connectivity index (χ0v) is 27.8. The zero-order chi connectivity index (χ0) is 34.0. The van der Waals surface area contributed by atoms with E-state index in [2.05, 4.69) is 32.7 Å². The predicted molar refractivity (Wildman–Crippen MR) is 188 cm³/mol. The fourth-order valence-corrected chi connectivity index (χ4v) is 7.55. The van der Waals surface area contributed by atoms with Gasteiger partial charge in [-0.15, -0.1) is 5.10 Å². The van der Waals surface area contributed by atoms with E-state index in [-0.39, 0.29) is 25.0 Å². The number of amides is 2. The van der Waals surface area contributed by atoms with Crippen LogP contribution in [0, 0.1) is 5.92 Å². The van der Waals surface area contributed by atoms with Crippen LogP contribution in [0.2, 0.25) is 0 Å². The molecule has 3 aliphatic rings. The minimum Gasteiger partial charge on any atom is -0.396 e. The molecule has 4 aromatic rings. The highest BCUT2D eigenvalue weighted by Crippen LogP contribution is 2.46. The Hall–Kier alpha value is -4.84. The molecule has 11 nitrogen and oxygen atoms in total. The standard InChI is InChI=1S/C38H43N7O4/c1-28(10-7-8-22-42-26-30(17-23-46)40-41-42)38(49)33-15-5-6-16-34(33)43(36(38)48)25-29-11-9-14-32(24-29)44-27-45(31-12-3-2-4-13-31)37(35(44)47)18-20-39-21-19-37/h2-7,9-16,24,26,28,39,46,49H,8,17-23,25,27H2,1H3/b10-7+/t28-,38+/m0/s1. The summed E-state index contributed by atoms with van der Waals surface area (Å²) in [6.07, 6.45) is 8.22. The van der Waals surface area contributed by atoms with Crippen molar-refractivity contribution in [1.82, 2.24) is 20.3 Å². The maximum Gasteiger partial charge on any atom is 0.264 e. The lowest BCUT2D eigenvalue weighted by Crippen LogP contribution is -2.55. The predicted octanol–water partition coefficient (Wildman–Crippen LogP) is 3.76. The number of hydrogen-bond donors (Lipinski definition) is 3. The van der Waals surface area contributed by atoms with E-state index in [1.165, 1.54) is 0 Å². The molecule has 0 bridgehead atoms. The number of allylic oxidation sites excluding steroid dienone is 1. The summed E-state index contributed by atoms with van der Waals surface area (Å²) in [5.41, 5.74) is 2.36. The summed E-state index contributed by atoms with van der Waals surface area (Å²) < 4.78 is 1.72. The van der Waals surface area contributed by atoms with Gasteiger partial charge in [-0.05, 0) is 68.2 Å². The number of rotatable bonds is 11. The second-order valence-electron chi connectivity index (χ2n) is 13.2. The lowest BCUT2D eigenvalue weighted by atomic mass is 9.83. The molecule has 11 heteroatoms. The molecular weight excluding hydrogens is 618 g/mol. The van der Waals surface area contributed by atoms with Crippen molar-refractivity contribution in [1.29, 1.82) is 0 Å². The number of hydrogen-bond acceptors (Lipinski definition) is 8. The normalized spacial score (nSPS) is 20.9. The summed E-state index contributed by atoms with van der Waals surface area (Å²) >= 11 is 0. The van der Waals surface area contributed by atoms with Gasteiger partial charge in [-0.2, -0.15) is 0 Å². The molecule has 0 radical (unpaired) electrons. The number of nitrogens with zero attached hydrogens (tertiary/aromatic N) is 6. The van der Waals surface area contributed by atoms with Gasteiger partial charge in [0.15, 0.2) is 5.60 Å². The number of anilines is 3. The number of piperidine rings is 1. The first-order chi connectivity index (χ1) is 23.8. The lowest BCUT2D eigenvalue weighted by molar-refractivity contribution is -0.139. The molecule has 7 rings (SSSR count). The molecule has 49 heavy (non-hydrogen) atoms. The Bertz CT molecular complexity index is 1840. The first kappa shape index (κ1) is 32.7. The summed E-state index contributed by atoms with van der Waals surface area (Å²) in [6.45, 7) is 4.74. The van der Waals surface area contributed by atoms with Crippen LogP contribution in [0.25, 0.3) is 0 Å². The molecule has 3 aliphatic heterocycles. The maximum atomic E-state index is 14.2. The van der Waals surface area contributed by atoms with Crippen LogP contribution in [-0.4, -0.2) is 68.9 Å². The Morgan fingerprint density at radius 3 is 2.51 bits per heavy atom. The van der Waals surface area contributed by atoms with Crippen LogP contribution in [0.4, 0.5) is 17.1 Å². The third-order valence-electron chi connectivity index (χ3n) is 10.2. The Kier molecular flexibility index (Phi) is 9.06. The number of carbonyl (C=O) groups excluding carboxylic acids is 2. The van der Waals surface area contributed by atoms with Crippen molar-refractivity contribution >= 4 is 28.9 Å². The first-order valence-electron chi connectivity index (χ1n) is 17.1. The number of nitrogens with one attached hydrogen (secondary N) is 1. The number of aliphatic hydroxyl groups excluding tert-OH is 1. The average Bonchev–Trinajstić information content (AvgIpc) is 3.76. The summed E-state index contributed by atoms with van der Waals surface area (Å²) in [5, 5.41) is 32.8. The van der Waals surface area contributed by atoms with E-state index in [4.69, 9.17) is 5.11 Å². The fraction of sp³-hybridized carbons (Fsp3) is 0.368. The highest BCUT2D eigenvalue weighted by atomic mass is 16.3. The SMILES string of the molecule is C[C@@H](/C=C/CCn1cc(CCO)nn1)[C@]1(O)C(=O)N(Cc2cccc(N3CN(c4ccccc4)C4(CCNCC4)C3=O)c2)c2ccccc21. The van der Waals surface area contributed by atoms with Crippen molar-refractivity contribution in [2.24, 2.45) is 5.92 Å². The number of aliphatic hydroxyl groups is 2. The molecule has 2 amide bonds. The van der Waals surface area contributed by atoms with E-state index >= 15 is 0 Å². The molecule has 2 fully saturated rings. The molecule has 2 saturated heterocycles. The van der Waals surface area contributed by atoms with Crippen molar-refractivity contribution in [3.05, 3.63) is 114 Å². The highest BCUT2D eigenvalue weighted by molar-refractivity contribution is 6.08. The van der Waals surface area contributed by atoms with Crippen molar-refractivity contribution in [2.75, 3.05) is 41.1 Å². The first-order valence-corrected chi connectivity index (χ1v) is 17.1. The van der Waals surface area contributed by atoms with Gasteiger partial charge in [0.2, 0.25) is 0 Å². The molecular formula is C38H43N7O4. The van der Waals surface area contributed by atoms with Gasteiger partial charge in [-0.25, -0.2) is 0 Å². The van der Waals surface area contributed by atoms with Crippen molar-refractivity contribution in [3.63, 3.8) is 0 Å². The third-order valence-corrected chi connectivity index (χ3v) is 10.2. The van der Waals surface area contributed by atoms with Crippen molar-refractivity contribution < 1.29 is 19.8 Å². The van der Waals surface area contributed by atoms with E-state index in [0.717, 1.165) is 48.6 Å². The van der Waals surface area contributed by atoms with Crippen molar-refractivity contribution in [3.8, 4) is 0 Å². The largest absolute Gasteiger partial charge is 0.396 e. The highest BCUT2D eigenvalue weighted by Gasteiger charge is 2.54. The Labute approximate surface area is 286 Å². The third kappa shape index (κ3) is 5.92. The number of para-hydroxylation sites is 2. The van der Waals surface area contributed by atoms with E-state index in [1.54, 1.807) is 9.58 Å². The molecule has 0 aliphatic carbocycles. The van der Waals surface area contributed by atoms with Crippen LogP contribution in [0.5, 0.6) is 0 Å². The van der Waals surface area contributed by atoms with Gasteiger partial charge >= 0.3 is 0 Å². The minimum atomic E-state index is -1.73. The van der Waals surface area contributed by atoms with Crippen LogP contribution in [0.3, 0.4) is 0 Å². The van der Waals surface area contributed by atoms with Crippen LogP contribution in [0.15, 0.2) is 97.2 Å². The molecule has 2 atom stereocenters. The van der Waals surface area contributed by atoms with Gasteiger partial charge in [0.1, 0.15) is 5.54 Å². The maximum absolute atomic E-state index is 14.2. The van der Waals surface area contributed by atoms with Gasteiger partial charge in [0.05, 0.1) is 24.6 Å². The van der Waals surface area contributed by atoms with Gasteiger partial charge in [-0.1, -0.05) is 72.8 Å². The van der Waals surface area contributed by atoms with Crippen LogP contribution in [-0.2, 0) is 34.7 Å². The Balaban J connectivity index is 1.10. The number of carbonyl (C=O) groups is 2. The van der Waals surface area contributed by atoms with Gasteiger partial charge in [0, 0.05) is 48.6 Å². The molecule has 0 saturated carbocycles. The summed E-state index contributed by atoms with van der Waals surface area (Å²) in [6, 6.07) is 25.4. The Morgan fingerprint density at radius 2 is 1.71 bits per heavy atom. The zero-order valence-electron chi connectivity index (χ0n) is 27.8. The van der Waals surface area contributed by atoms with Crippen molar-refractivity contribution in [2.45, 2.75) is 56.8 Å². The van der Waals surface area contributed by atoms with Gasteiger partial charge in [-0.3, -0.25) is 19.2 Å². The molecule has 0 unspecified atom stereocenters. The minimum absolute atomic E-state index is 0.0248. The summed E-state index contributed by atoms with van der Waals surface area (Å²) in [5.74, 6) is -0.769. The topological polar surface area (TPSA) is 127 Å². The smallest absolute Gasteiger partial charge is 0.264 e. The second kappa shape index (κ2) is 13.6.